The Hall–Kier alpha value is -0.310. The van der Waals surface area contributed by atoms with Gasteiger partial charge < -0.3 is 28.4 Å². The molecule has 0 aliphatic carbocycles. The van der Waals surface area contributed by atoms with Gasteiger partial charge in [-0.3, -0.25) is 0 Å². The van der Waals surface area contributed by atoms with Gasteiger partial charge in [-0.05, 0) is 0 Å². The molecule has 2 aliphatic rings. The molecule has 116 valence electrons. The fraction of sp³-hybridized carbons (Fsp3) is 0.909. The molecule has 0 amide bonds. The monoisotopic (exact) mass is 330 g/mol. The summed E-state index contributed by atoms with van der Waals surface area (Å²) in [5, 5.41) is 0. The molecule has 2 rings (SSSR count). The molecule has 0 spiro atoms. The van der Waals surface area contributed by atoms with Crippen molar-refractivity contribution in [3.05, 3.63) is 0 Å². The minimum atomic E-state index is -0.812. The van der Waals surface area contributed by atoms with Gasteiger partial charge in [-0.25, -0.2) is 4.79 Å². The van der Waals surface area contributed by atoms with Gasteiger partial charge in [0.15, 0.2) is 24.8 Å². The number of hydrogen-bond acceptors (Lipinski definition) is 7. The topological polar surface area (TPSA) is 72.5 Å². The van der Waals surface area contributed by atoms with Crippen LogP contribution in [0.1, 0.15) is 0 Å². The van der Waals surface area contributed by atoms with Gasteiger partial charge in [0.2, 0.25) is 0 Å². The van der Waals surface area contributed by atoms with Gasteiger partial charge >= 0.3 is 6.16 Å². The maximum absolute atomic E-state index is 11.6. The summed E-state index contributed by atoms with van der Waals surface area (Å²) in [4.78, 5) is 11.6. The minimum Gasteiger partial charge on any atom is -0.426 e. The van der Waals surface area contributed by atoms with Crippen LogP contribution in [0.3, 0.4) is 0 Å². The van der Waals surface area contributed by atoms with E-state index in [1.807, 2.05) is 0 Å². The average molecular weight is 331 g/mol. The van der Waals surface area contributed by atoms with Gasteiger partial charge in [-0.2, -0.15) is 0 Å². The van der Waals surface area contributed by atoms with E-state index in [0.29, 0.717) is 0 Å². The second kappa shape index (κ2) is 8.21. The van der Waals surface area contributed by atoms with Gasteiger partial charge in [-0.15, -0.1) is 23.2 Å². The Morgan fingerprint density at radius 2 is 1.20 bits per heavy atom. The van der Waals surface area contributed by atoms with Crippen molar-refractivity contribution in [3.8, 4) is 0 Å². The summed E-state index contributed by atoms with van der Waals surface area (Å²) in [6, 6.07) is 0. The molecule has 2 fully saturated rings. The summed E-state index contributed by atoms with van der Waals surface area (Å²) in [7, 11) is 0. The van der Waals surface area contributed by atoms with Crippen molar-refractivity contribution < 1.29 is 33.2 Å². The second-order valence-corrected chi connectivity index (χ2v) is 4.85. The molecular formula is C11H16Cl2O7. The first-order valence-electron chi connectivity index (χ1n) is 6.17. The molecule has 0 saturated carbocycles. The Kier molecular flexibility index (Phi) is 6.60. The standard InChI is InChI=1S/C11H16Cl2O7/c12-1-9-15-3-7(4-16-9)19-11(14)20-8-5-17-10(2-13)18-6-8/h7-10H,1-6H2. The molecule has 0 bridgehead atoms. The van der Waals surface area contributed by atoms with Gasteiger partial charge in [0.05, 0.1) is 38.2 Å². The van der Waals surface area contributed by atoms with Crippen LogP contribution < -0.4 is 0 Å². The molecule has 0 radical (unpaired) electrons. The Morgan fingerprint density at radius 3 is 1.50 bits per heavy atom. The molecule has 2 heterocycles. The Morgan fingerprint density at radius 1 is 0.850 bits per heavy atom. The van der Waals surface area contributed by atoms with Crippen molar-refractivity contribution in [2.75, 3.05) is 38.2 Å². The third-order valence-electron chi connectivity index (χ3n) is 2.65. The molecule has 0 atom stereocenters. The van der Waals surface area contributed by atoms with Crippen LogP contribution in [0.4, 0.5) is 4.79 Å². The quantitative estimate of drug-likeness (QED) is 0.564. The molecule has 2 aliphatic heterocycles. The number of rotatable bonds is 4. The molecule has 20 heavy (non-hydrogen) atoms. The lowest BCUT2D eigenvalue weighted by Gasteiger charge is -2.30. The van der Waals surface area contributed by atoms with Gasteiger partial charge in [-0.1, -0.05) is 0 Å². The van der Waals surface area contributed by atoms with E-state index < -0.39 is 30.9 Å². The fourth-order valence-electron chi connectivity index (χ4n) is 1.67. The van der Waals surface area contributed by atoms with Crippen LogP contribution in [0.2, 0.25) is 0 Å². The third-order valence-corrected chi connectivity index (χ3v) is 3.15. The van der Waals surface area contributed by atoms with Crippen LogP contribution in [0.5, 0.6) is 0 Å². The molecule has 0 aromatic heterocycles. The highest BCUT2D eigenvalue weighted by molar-refractivity contribution is 6.18. The first-order valence-corrected chi connectivity index (χ1v) is 7.23. The van der Waals surface area contributed by atoms with Gasteiger partial charge in [0.1, 0.15) is 0 Å². The van der Waals surface area contributed by atoms with E-state index in [2.05, 4.69) is 0 Å². The predicted molar refractivity (Wildman–Crippen MR) is 68.0 cm³/mol. The van der Waals surface area contributed by atoms with E-state index in [1.165, 1.54) is 0 Å². The molecule has 2 saturated heterocycles. The predicted octanol–water partition coefficient (Wildman–Crippen LogP) is 1.10. The summed E-state index contributed by atoms with van der Waals surface area (Å²) >= 11 is 11.1. The SMILES string of the molecule is O=C(OC1COC(CCl)OC1)OC1COC(CCl)OC1. The third kappa shape index (κ3) is 4.91. The lowest BCUT2D eigenvalue weighted by Crippen LogP contribution is -2.42. The molecule has 9 heteroatoms. The van der Waals surface area contributed by atoms with E-state index in [0.717, 1.165) is 0 Å². The van der Waals surface area contributed by atoms with Gasteiger partial charge in [0.25, 0.3) is 0 Å². The summed E-state index contributed by atoms with van der Waals surface area (Å²) in [6.07, 6.45) is -2.75. The highest BCUT2D eigenvalue weighted by atomic mass is 35.5. The lowest BCUT2D eigenvalue weighted by molar-refractivity contribution is -0.222. The van der Waals surface area contributed by atoms with Crippen molar-refractivity contribution >= 4 is 29.4 Å². The van der Waals surface area contributed by atoms with Crippen molar-refractivity contribution in [2.45, 2.75) is 24.8 Å². The molecule has 0 unspecified atom stereocenters. The zero-order valence-electron chi connectivity index (χ0n) is 10.7. The molecule has 0 aromatic rings. The van der Waals surface area contributed by atoms with Crippen LogP contribution in [0, 0.1) is 0 Å². The minimum absolute atomic E-state index is 0.221. The van der Waals surface area contributed by atoms with Crippen molar-refractivity contribution in [1.82, 2.24) is 0 Å². The van der Waals surface area contributed by atoms with Crippen LogP contribution in [-0.4, -0.2) is 69.1 Å². The summed E-state index contributed by atoms with van der Waals surface area (Å²) in [5.41, 5.74) is 0. The highest BCUT2D eigenvalue weighted by Crippen LogP contribution is 2.13. The Balaban J connectivity index is 1.63. The number of carbonyl (C=O) groups excluding carboxylic acids is 1. The smallest absolute Gasteiger partial charge is 0.426 e. The van der Waals surface area contributed by atoms with E-state index in [4.69, 9.17) is 51.6 Å². The Bertz CT molecular complexity index is 273. The molecule has 7 nitrogen and oxygen atoms in total. The molecule has 0 aromatic carbocycles. The number of halogens is 2. The maximum Gasteiger partial charge on any atom is 0.509 e. The first-order chi connectivity index (χ1) is 9.71. The van der Waals surface area contributed by atoms with E-state index >= 15 is 0 Å². The number of ether oxygens (including phenoxy) is 6. The highest BCUT2D eigenvalue weighted by Gasteiger charge is 2.28. The van der Waals surface area contributed by atoms with Gasteiger partial charge in [0, 0.05) is 0 Å². The first kappa shape index (κ1) is 16.1. The maximum atomic E-state index is 11.6. The summed E-state index contributed by atoms with van der Waals surface area (Å²) in [6.45, 7) is 0.883. The van der Waals surface area contributed by atoms with Crippen molar-refractivity contribution in [3.63, 3.8) is 0 Å². The largest absolute Gasteiger partial charge is 0.509 e. The fourth-order valence-corrected chi connectivity index (χ4v) is 2.02. The van der Waals surface area contributed by atoms with Crippen LogP contribution in [0.25, 0.3) is 0 Å². The van der Waals surface area contributed by atoms with E-state index in [-0.39, 0.29) is 38.2 Å². The van der Waals surface area contributed by atoms with E-state index in [1.54, 1.807) is 0 Å². The lowest BCUT2D eigenvalue weighted by atomic mass is 10.3. The molecular weight excluding hydrogens is 315 g/mol. The number of carbonyl (C=O) groups is 1. The molecule has 0 N–H and O–H groups in total. The average Bonchev–Trinajstić information content (AvgIpc) is 2.49. The van der Waals surface area contributed by atoms with Crippen molar-refractivity contribution in [2.24, 2.45) is 0 Å². The summed E-state index contributed by atoms with van der Waals surface area (Å²) < 4.78 is 30.9. The van der Waals surface area contributed by atoms with E-state index in [9.17, 15) is 4.79 Å². The van der Waals surface area contributed by atoms with Crippen LogP contribution in [0.15, 0.2) is 0 Å². The zero-order chi connectivity index (χ0) is 14.4. The van der Waals surface area contributed by atoms with Crippen LogP contribution >= 0.6 is 23.2 Å². The van der Waals surface area contributed by atoms with Crippen LogP contribution in [-0.2, 0) is 28.4 Å². The number of hydrogen-bond donors (Lipinski definition) is 0. The second-order valence-electron chi connectivity index (χ2n) is 4.23. The zero-order valence-corrected chi connectivity index (χ0v) is 12.2. The number of alkyl halides is 2. The summed E-state index contributed by atoms with van der Waals surface area (Å²) in [5.74, 6) is 0.464. The van der Waals surface area contributed by atoms with Crippen molar-refractivity contribution in [1.29, 1.82) is 0 Å². The Labute approximate surface area is 126 Å². The normalized spacial score (nSPS) is 34.5.